The zero-order valence-electron chi connectivity index (χ0n) is 32.2. The molecule has 0 aromatic heterocycles. The summed E-state index contributed by atoms with van der Waals surface area (Å²) >= 11 is 0. The highest BCUT2D eigenvalue weighted by Gasteiger charge is 2.40. The second kappa shape index (κ2) is 11.6. The van der Waals surface area contributed by atoms with Crippen LogP contribution in [0.4, 0.5) is 0 Å². The van der Waals surface area contributed by atoms with Crippen LogP contribution in [-0.4, -0.2) is 8.07 Å². The molecule has 8 aromatic rings. The molecule has 0 nitrogen and oxygen atoms in total. The van der Waals surface area contributed by atoms with E-state index >= 15 is 0 Å². The van der Waals surface area contributed by atoms with Crippen molar-refractivity contribution in [2.75, 3.05) is 0 Å². The van der Waals surface area contributed by atoms with Crippen molar-refractivity contribution in [3.05, 3.63) is 186 Å². The maximum Gasteiger partial charge on any atom is 0.113 e. The molecule has 0 fully saturated rings. The largest absolute Gasteiger partial charge is 0.113 e. The monoisotopic (exact) mass is 720 g/mol. The molecule has 2 unspecified atom stereocenters. The first-order valence-electron chi connectivity index (χ1n) is 20.0. The Hall–Kier alpha value is -5.76. The molecular weight excluding hydrogens is 677 g/mol. The Kier molecular flexibility index (Phi) is 6.90. The van der Waals surface area contributed by atoms with Crippen molar-refractivity contribution < 1.29 is 0 Å². The van der Waals surface area contributed by atoms with Crippen molar-refractivity contribution in [1.82, 2.24) is 0 Å². The third kappa shape index (κ3) is 4.57. The van der Waals surface area contributed by atoms with Crippen LogP contribution in [0.25, 0.3) is 72.1 Å². The van der Waals surface area contributed by atoms with Gasteiger partial charge in [-0.05, 0) is 122 Å². The summed E-state index contributed by atoms with van der Waals surface area (Å²) in [7, 11) is -2.09. The molecule has 3 aliphatic rings. The molecule has 11 rings (SSSR count). The summed E-state index contributed by atoms with van der Waals surface area (Å²) in [5.41, 5.74) is 17.9. The van der Waals surface area contributed by atoms with Gasteiger partial charge in [-0.25, -0.2) is 0 Å². The predicted octanol–water partition coefficient (Wildman–Crippen LogP) is 13.2. The fraction of sp³-hybridized carbons (Fsp3) is 0.148. The second-order valence-corrected chi connectivity index (χ2v) is 21.6. The molecule has 0 N–H and O–H groups in total. The first-order valence-corrected chi connectivity index (χ1v) is 23.0. The second-order valence-electron chi connectivity index (χ2n) is 17.3. The lowest BCUT2D eigenvalue weighted by Crippen LogP contribution is -2.49. The Morgan fingerprint density at radius 2 is 1.15 bits per heavy atom. The molecule has 1 heteroatoms. The average Bonchev–Trinajstić information content (AvgIpc) is 3.58. The molecule has 2 atom stereocenters. The lowest BCUT2D eigenvalue weighted by atomic mass is 9.72. The van der Waals surface area contributed by atoms with Gasteiger partial charge in [0.05, 0.1) is 0 Å². The van der Waals surface area contributed by atoms with Crippen molar-refractivity contribution >= 4 is 46.1 Å². The van der Waals surface area contributed by atoms with Crippen molar-refractivity contribution in [2.24, 2.45) is 5.92 Å². The molecule has 1 aliphatic heterocycles. The van der Waals surface area contributed by atoms with Crippen LogP contribution >= 0.6 is 0 Å². The number of hydrogen-bond donors (Lipinski definition) is 0. The van der Waals surface area contributed by atoms with Gasteiger partial charge in [-0.3, -0.25) is 0 Å². The van der Waals surface area contributed by atoms with Crippen LogP contribution in [-0.2, 0) is 5.41 Å². The molecule has 2 aliphatic carbocycles. The van der Waals surface area contributed by atoms with Gasteiger partial charge >= 0.3 is 0 Å². The molecule has 1 heterocycles. The lowest BCUT2D eigenvalue weighted by Gasteiger charge is -2.31. The van der Waals surface area contributed by atoms with Crippen molar-refractivity contribution in [1.29, 1.82) is 0 Å². The maximum absolute atomic E-state index is 2.64. The van der Waals surface area contributed by atoms with Gasteiger partial charge in [0.25, 0.3) is 0 Å². The summed E-state index contributed by atoms with van der Waals surface area (Å²) in [6, 6.07) is 58.2. The van der Waals surface area contributed by atoms with Gasteiger partial charge in [0, 0.05) is 11.3 Å². The summed E-state index contributed by atoms with van der Waals surface area (Å²) in [5.74, 6) is 0.614. The van der Waals surface area contributed by atoms with E-state index in [0.717, 1.165) is 0 Å². The molecule has 0 spiro atoms. The summed E-state index contributed by atoms with van der Waals surface area (Å²) in [5, 5.41) is 8.57. The van der Waals surface area contributed by atoms with E-state index in [-0.39, 0.29) is 11.3 Å². The molecule has 55 heavy (non-hydrogen) atoms. The highest BCUT2D eigenvalue weighted by molar-refractivity contribution is 7.04. The Labute approximate surface area is 325 Å². The van der Waals surface area contributed by atoms with Gasteiger partial charge in [0.1, 0.15) is 8.07 Å². The van der Waals surface area contributed by atoms with E-state index in [9.17, 15) is 0 Å². The standard InChI is InChI=1S/C54H44Si/c1-33-23-24-34-15-9-10-18-38(34)51(33)53-43-21-12-11-20-42(43)52(35-16-7-6-8-17-35)46-32-50-44(31-45(46)53)41-28-26-37(30-49(41)55(50,4)5)36-25-27-40-39-19-13-14-22-47(39)54(2,3)48(40)29-36/h6-33,51H,1-5H3. The van der Waals surface area contributed by atoms with E-state index in [4.69, 9.17) is 0 Å². The number of benzene rings is 8. The average molecular weight is 721 g/mol. The molecule has 8 aromatic carbocycles. The van der Waals surface area contributed by atoms with Crippen molar-refractivity contribution in [2.45, 2.75) is 45.2 Å². The van der Waals surface area contributed by atoms with Gasteiger partial charge in [-0.1, -0.05) is 186 Å². The fourth-order valence-electron chi connectivity index (χ4n) is 10.8. The molecule has 0 bridgehead atoms. The van der Waals surface area contributed by atoms with E-state index in [1.54, 1.807) is 10.4 Å². The Balaban J connectivity index is 1.15. The third-order valence-corrected chi connectivity index (χ3v) is 17.1. The van der Waals surface area contributed by atoms with E-state index in [2.05, 4.69) is 198 Å². The van der Waals surface area contributed by atoms with Crippen LogP contribution in [0.5, 0.6) is 0 Å². The molecule has 264 valence electrons. The highest BCUT2D eigenvalue weighted by Crippen LogP contribution is 2.51. The quantitative estimate of drug-likeness (QED) is 0.126. The van der Waals surface area contributed by atoms with E-state index in [0.29, 0.717) is 5.92 Å². The van der Waals surface area contributed by atoms with E-state index in [1.165, 1.54) is 93.9 Å². The Morgan fingerprint density at radius 1 is 0.491 bits per heavy atom. The molecule has 0 saturated heterocycles. The Morgan fingerprint density at radius 3 is 1.98 bits per heavy atom. The SMILES string of the molecule is CC1C=Cc2ccccc2C1c1c2ccccc2c(-c2ccccc2)c2cc3c(cc12)-c1ccc(-c2ccc4c(c2)C(C)(C)c2ccccc2-4)cc1[Si]3(C)C. The predicted molar refractivity (Wildman–Crippen MR) is 239 cm³/mol. The number of hydrogen-bond acceptors (Lipinski definition) is 0. The topological polar surface area (TPSA) is 0 Å². The van der Waals surface area contributed by atoms with Gasteiger partial charge in [0.2, 0.25) is 0 Å². The van der Waals surface area contributed by atoms with E-state index in [1.807, 2.05) is 0 Å². The van der Waals surface area contributed by atoms with Crippen LogP contribution in [0.3, 0.4) is 0 Å². The molecular formula is C54H44Si. The van der Waals surface area contributed by atoms with Gasteiger partial charge in [0.15, 0.2) is 0 Å². The summed E-state index contributed by atoms with van der Waals surface area (Å²) in [6.45, 7) is 12.3. The van der Waals surface area contributed by atoms with Crippen LogP contribution in [0.15, 0.2) is 158 Å². The lowest BCUT2D eigenvalue weighted by molar-refractivity contribution is 0.626. The minimum Gasteiger partial charge on any atom is -0.0801 e. The zero-order valence-corrected chi connectivity index (χ0v) is 33.2. The number of rotatable bonds is 3. The first-order chi connectivity index (χ1) is 26.7. The molecule has 0 amide bonds. The van der Waals surface area contributed by atoms with Crippen LogP contribution < -0.4 is 10.4 Å². The Bertz CT molecular complexity index is 2940. The van der Waals surface area contributed by atoms with Gasteiger partial charge in [-0.15, -0.1) is 0 Å². The minimum absolute atomic E-state index is 0.0210. The van der Waals surface area contributed by atoms with Crippen molar-refractivity contribution in [3.8, 4) is 44.5 Å². The van der Waals surface area contributed by atoms with Gasteiger partial charge in [-0.2, -0.15) is 0 Å². The third-order valence-electron chi connectivity index (χ3n) is 13.6. The fourth-order valence-corrected chi connectivity index (χ4v) is 13.8. The summed E-state index contributed by atoms with van der Waals surface area (Å²) in [4.78, 5) is 0. The highest BCUT2D eigenvalue weighted by atomic mass is 28.3. The van der Waals surface area contributed by atoms with Crippen LogP contribution in [0.2, 0.25) is 13.1 Å². The van der Waals surface area contributed by atoms with E-state index < -0.39 is 8.07 Å². The molecule has 0 radical (unpaired) electrons. The summed E-state index contributed by atoms with van der Waals surface area (Å²) in [6.07, 6.45) is 4.76. The maximum atomic E-state index is 2.64. The first kappa shape index (κ1) is 32.6. The normalized spacial score (nSPS) is 18.1. The van der Waals surface area contributed by atoms with Crippen LogP contribution in [0, 0.1) is 5.92 Å². The number of allylic oxidation sites excluding steroid dienone is 1. The smallest absolute Gasteiger partial charge is 0.0801 e. The van der Waals surface area contributed by atoms with Crippen molar-refractivity contribution in [3.63, 3.8) is 0 Å². The number of fused-ring (bicyclic) bond motifs is 9. The minimum atomic E-state index is -2.09. The zero-order chi connectivity index (χ0) is 37.2. The van der Waals surface area contributed by atoms with Crippen LogP contribution in [0.1, 0.15) is 54.5 Å². The van der Waals surface area contributed by atoms with Gasteiger partial charge < -0.3 is 0 Å². The summed E-state index contributed by atoms with van der Waals surface area (Å²) < 4.78 is 0. The molecule has 0 saturated carbocycles.